The van der Waals surface area contributed by atoms with Crippen molar-refractivity contribution in [1.82, 2.24) is 4.58 Å². The maximum Gasteiger partial charge on any atom is 0.328 e. The van der Waals surface area contributed by atoms with Gasteiger partial charge in [0.1, 0.15) is 25.4 Å². The van der Waals surface area contributed by atoms with Gasteiger partial charge >= 0.3 is 6.21 Å². The van der Waals surface area contributed by atoms with Crippen LogP contribution in [0.5, 0.6) is 0 Å². The topological polar surface area (TPSA) is 72.9 Å². The minimum absolute atomic E-state index is 0.366. The summed E-state index contributed by atoms with van der Waals surface area (Å²) >= 11 is 0. The fourth-order valence-corrected chi connectivity index (χ4v) is 3.75. The molecule has 0 bridgehead atoms. The second-order valence-corrected chi connectivity index (χ2v) is 7.78. The summed E-state index contributed by atoms with van der Waals surface area (Å²) < 4.78 is 8.35. The molecule has 2 aromatic rings. The van der Waals surface area contributed by atoms with Gasteiger partial charge in [-0.05, 0) is 23.8 Å². The van der Waals surface area contributed by atoms with E-state index in [9.17, 15) is 4.79 Å². The predicted molar refractivity (Wildman–Crippen MR) is 124 cm³/mol. The molecular weight excluding hydrogens is 388 g/mol. The Bertz CT molecular complexity index is 1400. The van der Waals surface area contributed by atoms with Crippen LogP contribution >= 0.6 is 0 Å². The van der Waals surface area contributed by atoms with E-state index in [0.29, 0.717) is 5.56 Å². The van der Waals surface area contributed by atoms with Gasteiger partial charge in [0.2, 0.25) is 5.36 Å². The second-order valence-electron chi connectivity index (χ2n) is 7.78. The first kappa shape index (κ1) is 20.3. The molecule has 2 aliphatic rings. The van der Waals surface area contributed by atoms with Crippen molar-refractivity contribution >= 4 is 28.7 Å². The highest BCUT2D eigenvalue weighted by molar-refractivity contribution is 6.35. The average molecular weight is 411 g/mol. The van der Waals surface area contributed by atoms with Gasteiger partial charge in [-0.25, -0.2) is 4.58 Å². The number of carbonyl (C=O) groups excluding carboxylic acids is 1. The first-order valence-corrected chi connectivity index (χ1v) is 9.90. The number of carbonyl (C=O) groups is 1. The third-order valence-electron chi connectivity index (χ3n) is 5.36. The minimum Gasteiger partial charge on any atom is -0.456 e. The molecule has 0 amide bonds. The quantitative estimate of drug-likeness (QED) is 0.128. The number of anilines is 1. The van der Waals surface area contributed by atoms with Gasteiger partial charge in [-0.2, -0.15) is 4.79 Å². The van der Waals surface area contributed by atoms with Gasteiger partial charge in [0.25, 0.3) is 5.78 Å². The number of rotatable bonds is 4. The number of nitrogens with zero attached hydrogens (tertiary/aromatic N) is 4. The molecule has 0 saturated heterocycles. The van der Waals surface area contributed by atoms with Crippen LogP contribution in [0.25, 0.3) is 39.0 Å². The summed E-state index contributed by atoms with van der Waals surface area (Å²) in [4.78, 5) is 17.6. The molecule has 0 unspecified atom stereocenters. The number of hydrogen-bond acceptors (Lipinski definition) is 3. The highest BCUT2D eigenvalue weighted by Gasteiger charge is 2.22. The molecule has 1 aliphatic heterocycles. The smallest absolute Gasteiger partial charge is 0.328 e. The lowest BCUT2D eigenvalue weighted by Gasteiger charge is -2.18. The zero-order valence-electron chi connectivity index (χ0n) is 18.0. The van der Waals surface area contributed by atoms with E-state index in [-0.39, 0.29) is 5.78 Å². The normalized spacial score (nSPS) is 10.7. The van der Waals surface area contributed by atoms with Gasteiger partial charge in [0, 0.05) is 54.0 Å². The van der Waals surface area contributed by atoms with Crippen LogP contribution in [0.3, 0.4) is 0 Å². The van der Waals surface area contributed by atoms with Crippen LogP contribution in [0.1, 0.15) is 10.4 Å². The van der Waals surface area contributed by atoms with Gasteiger partial charge in [-0.15, -0.1) is 0 Å². The molecule has 1 aliphatic carbocycles. The monoisotopic (exact) mass is 411 g/mol. The molecule has 31 heavy (non-hydrogen) atoms. The molecule has 0 aromatic heterocycles. The van der Waals surface area contributed by atoms with Crippen molar-refractivity contribution < 1.29 is 14.0 Å². The molecule has 6 nitrogen and oxygen atoms in total. The van der Waals surface area contributed by atoms with Gasteiger partial charge < -0.3 is 14.8 Å². The number of Topliss-reactive ketones (excluding diaryl/α,β-unsaturated/α-hetero) is 1. The van der Waals surface area contributed by atoms with Crippen molar-refractivity contribution in [3.8, 4) is 22.5 Å². The third-order valence-corrected chi connectivity index (χ3v) is 5.36. The fourth-order valence-electron chi connectivity index (χ4n) is 3.75. The van der Waals surface area contributed by atoms with E-state index in [4.69, 9.17) is 9.95 Å². The van der Waals surface area contributed by atoms with Crippen molar-refractivity contribution in [2.75, 3.05) is 33.1 Å². The van der Waals surface area contributed by atoms with E-state index in [1.165, 1.54) is 0 Å². The molecule has 0 N–H and O–H groups in total. The summed E-state index contributed by atoms with van der Waals surface area (Å²) in [5.41, 5.74) is 13.7. The van der Waals surface area contributed by atoms with E-state index in [0.717, 1.165) is 50.7 Å². The zero-order chi connectivity index (χ0) is 22.1. The molecule has 0 saturated carbocycles. The van der Waals surface area contributed by atoms with E-state index in [2.05, 4.69) is 4.79 Å². The predicted octanol–water partition coefficient (Wildman–Crippen LogP) is 3.79. The molecular formula is C25H23N4O2+. The standard InChI is InChI=1S/C25H23N4O2/c1-28(2)16-9-11-20-23(13-16)31-24-14-17(29(3)4)10-12-21(24)25(20)19-8-6-5-7-18(19)22(30)15-27-26/h5-15H,1-4H3/q+1. The molecule has 0 spiro atoms. The number of hydrogen-bond donors (Lipinski definition) is 0. The van der Waals surface area contributed by atoms with Crippen molar-refractivity contribution in [2.45, 2.75) is 0 Å². The van der Waals surface area contributed by atoms with Crippen LogP contribution in [-0.2, 0) is 0 Å². The molecule has 2 aromatic carbocycles. The summed E-state index contributed by atoms with van der Waals surface area (Å²) in [6, 6.07) is 19.4. The highest BCUT2D eigenvalue weighted by atomic mass is 16.3. The van der Waals surface area contributed by atoms with Crippen LogP contribution in [0.4, 0.5) is 5.69 Å². The molecule has 1 heterocycles. The molecule has 0 radical (unpaired) electrons. The molecule has 6 heteroatoms. The first-order valence-electron chi connectivity index (χ1n) is 9.90. The van der Waals surface area contributed by atoms with Crippen molar-refractivity contribution in [3.05, 3.63) is 77.1 Å². The second kappa shape index (κ2) is 8.01. The molecule has 4 rings (SSSR count). The van der Waals surface area contributed by atoms with Gasteiger partial charge in [0.15, 0.2) is 0 Å². The van der Waals surface area contributed by atoms with Crippen molar-refractivity contribution in [2.24, 2.45) is 0 Å². The molecule has 0 atom stereocenters. The third kappa shape index (κ3) is 3.65. The van der Waals surface area contributed by atoms with E-state index < -0.39 is 0 Å². The van der Waals surface area contributed by atoms with Crippen LogP contribution in [0.15, 0.2) is 65.1 Å². The number of ketones is 1. The van der Waals surface area contributed by atoms with Gasteiger partial charge in [-0.1, -0.05) is 24.3 Å². The van der Waals surface area contributed by atoms with E-state index in [1.54, 1.807) is 12.1 Å². The lowest BCUT2D eigenvalue weighted by atomic mass is 9.89. The van der Waals surface area contributed by atoms with Crippen LogP contribution < -0.4 is 14.8 Å². The Hall–Kier alpha value is -4.02. The average Bonchev–Trinajstić information content (AvgIpc) is 2.76. The molecule has 154 valence electrons. The van der Waals surface area contributed by atoms with Crippen molar-refractivity contribution in [1.29, 1.82) is 0 Å². The van der Waals surface area contributed by atoms with E-state index >= 15 is 0 Å². The van der Waals surface area contributed by atoms with Crippen LogP contribution in [0, 0.1) is 0 Å². The van der Waals surface area contributed by atoms with Crippen LogP contribution in [-0.4, -0.2) is 45.0 Å². The zero-order valence-corrected chi connectivity index (χ0v) is 18.0. The molecule has 0 fully saturated rings. The maximum absolute atomic E-state index is 12.7. The lowest BCUT2D eigenvalue weighted by molar-refractivity contribution is 0.00235. The Labute approximate surface area is 180 Å². The Morgan fingerprint density at radius 1 is 1.03 bits per heavy atom. The summed E-state index contributed by atoms with van der Waals surface area (Å²) in [7, 11) is 7.93. The first-order chi connectivity index (χ1) is 14.9. The summed E-state index contributed by atoms with van der Waals surface area (Å²) in [5.74, 6) is 0.359. The minimum atomic E-state index is -0.366. The number of benzene rings is 3. The Kier molecular flexibility index (Phi) is 5.24. The SMILES string of the molecule is CN(C)c1ccc2c(-c3ccccc3C(=O)C=[N+]=[N-])c3ccc(=[N+](C)C)cc-3oc2c1. The fraction of sp³-hybridized carbons (Fsp3) is 0.160. The highest BCUT2D eigenvalue weighted by Crippen LogP contribution is 2.41. The van der Waals surface area contributed by atoms with Crippen LogP contribution in [0.2, 0.25) is 0 Å². The summed E-state index contributed by atoms with van der Waals surface area (Å²) in [5, 5.41) is 1.92. The largest absolute Gasteiger partial charge is 0.456 e. The van der Waals surface area contributed by atoms with E-state index in [1.807, 2.05) is 86.2 Å². The summed E-state index contributed by atoms with van der Waals surface area (Å²) in [6.07, 6.45) is 0.921. The van der Waals surface area contributed by atoms with Gasteiger partial charge in [-0.3, -0.25) is 4.79 Å². The summed E-state index contributed by atoms with van der Waals surface area (Å²) in [6.45, 7) is 0. The van der Waals surface area contributed by atoms with Gasteiger partial charge in [0.05, 0.1) is 6.07 Å². The lowest BCUT2D eigenvalue weighted by Crippen LogP contribution is -2.21. The maximum atomic E-state index is 12.7. The Morgan fingerprint density at radius 3 is 2.52 bits per heavy atom. The van der Waals surface area contributed by atoms with Crippen molar-refractivity contribution in [3.63, 3.8) is 0 Å². The Morgan fingerprint density at radius 2 is 1.81 bits per heavy atom. The number of fused-ring (bicyclic) bond motifs is 2. The Balaban J connectivity index is 2.17.